The molecule has 0 saturated carbocycles. The van der Waals surface area contributed by atoms with Crippen molar-refractivity contribution in [2.45, 2.75) is 44.8 Å². The zero-order valence-electron chi connectivity index (χ0n) is 13.2. The minimum atomic E-state index is -1.46. The van der Waals surface area contributed by atoms with Crippen molar-refractivity contribution >= 4 is 13.3 Å². The molecule has 1 rings (SSSR count). The van der Waals surface area contributed by atoms with Crippen LogP contribution in [-0.2, 0) is 0 Å². The van der Waals surface area contributed by atoms with Gasteiger partial charge in [0, 0.05) is 0 Å². The van der Waals surface area contributed by atoms with Crippen LogP contribution in [0.25, 0.3) is 0 Å². The second-order valence-electron chi connectivity index (χ2n) is 6.14. The second-order valence-corrected chi connectivity index (χ2v) is 10.9. The summed E-state index contributed by atoms with van der Waals surface area (Å²) in [6.07, 6.45) is 10.0. The zero-order valence-corrected chi connectivity index (χ0v) is 14.2. The van der Waals surface area contributed by atoms with E-state index >= 15 is 0 Å². The van der Waals surface area contributed by atoms with Crippen LogP contribution in [0.4, 0.5) is 0 Å². The van der Waals surface area contributed by atoms with E-state index in [1.807, 2.05) is 0 Å². The van der Waals surface area contributed by atoms with Crippen molar-refractivity contribution in [2.24, 2.45) is 0 Å². The average Bonchev–Trinajstić information content (AvgIpc) is 2.43. The zero-order chi connectivity index (χ0) is 15.0. The van der Waals surface area contributed by atoms with Crippen molar-refractivity contribution in [3.63, 3.8) is 0 Å². The lowest BCUT2D eigenvalue weighted by molar-refractivity contribution is 0.840. The fourth-order valence-corrected chi connectivity index (χ4v) is 5.49. The minimum absolute atomic E-state index is 0.624. The monoisotopic (exact) mass is 284 g/mol. The average molecular weight is 285 g/mol. The molecule has 0 aliphatic carbocycles. The standard InChI is InChI=1S/C19H28Si/c1-6-18(14-10-7-9-13-17(2)3)20(4,5)19-15-11-8-12-16-19/h6-9,11-12,15-16,18H,1-2,10,13-14H2,3-5H3/b9-7+. The van der Waals surface area contributed by atoms with Gasteiger partial charge in [-0.15, -0.1) is 6.58 Å². The van der Waals surface area contributed by atoms with Crippen LogP contribution in [0.15, 0.2) is 67.3 Å². The van der Waals surface area contributed by atoms with Crippen LogP contribution in [0.1, 0.15) is 26.2 Å². The Hall–Kier alpha value is -1.34. The van der Waals surface area contributed by atoms with E-state index in [0.717, 1.165) is 12.8 Å². The van der Waals surface area contributed by atoms with Crippen LogP contribution in [0, 0.1) is 0 Å². The Kier molecular flexibility index (Phi) is 6.73. The lowest BCUT2D eigenvalue weighted by Gasteiger charge is -2.30. The quantitative estimate of drug-likeness (QED) is 0.439. The van der Waals surface area contributed by atoms with Crippen molar-refractivity contribution in [1.82, 2.24) is 0 Å². The third-order valence-corrected chi connectivity index (χ3v) is 8.21. The Bertz CT molecular complexity index is 454. The van der Waals surface area contributed by atoms with Gasteiger partial charge in [-0.25, -0.2) is 0 Å². The molecule has 0 aliphatic heterocycles. The molecule has 0 N–H and O–H groups in total. The summed E-state index contributed by atoms with van der Waals surface area (Å²) in [7, 11) is -1.46. The third-order valence-electron chi connectivity index (χ3n) is 4.01. The molecule has 0 nitrogen and oxygen atoms in total. The topological polar surface area (TPSA) is 0 Å². The van der Waals surface area contributed by atoms with Gasteiger partial charge in [0.25, 0.3) is 0 Å². The molecule has 0 fully saturated rings. The van der Waals surface area contributed by atoms with Crippen molar-refractivity contribution in [3.05, 3.63) is 67.3 Å². The molecule has 1 aromatic carbocycles. The summed E-state index contributed by atoms with van der Waals surface area (Å²) in [6.45, 7) is 15.0. The maximum atomic E-state index is 4.08. The van der Waals surface area contributed by atoms with Gasteiger partial charge in [-0.1, -0.05) is 79.0 Å². The number of benzene rings is 1. The van der Waals surface area contributed by atoms with Gasteiger partial charge < -0.3 is 0 Å². The highest BCUT2D eigenvalue weighted by Crippen LogP contribution is 2.28. The summed E-state index contributed by atoms with van der Waals surface area (Å²) < 4.78 is 0. The molecule has 0 amide bonds. The first-order valence-corrected chi connectivity index (χ1v) is 10.5. The number of hydrogen-bond donors (Lipinski definition) is 0. The molecule has 1 atom stereocenters. The molecule has 1 aromatic rings. The summed E-state index contributed by atoms with van der Waals surface area (Å²) in [5, 5.41) is 1.52. The van der Waals surface area contributed by atoms with Crippen LogP contribution in [0.3, 0.4) is 0 Å². The summed E-state index contributed by atoms with van der Waals surface area (Å²) in [6, 6.07) is 10.9. The van der Waals surface area contributed by atoms with Crippen molar-refractivity contribution < 1.29 is 0 Å². The lowest BCUT2D eigenvalue weighted by Crippen LogP contribution is -2.45. The lowest BCUT2D eigenvalue weighted by atomic mass is 10.2. The van der Waals surface area contributed by atoms with Gasteiger partial charge in [-0.3, -0.25) is 0 Å². The second kappa shape index (κ2) is 8.06. The summed E-state index contributed by atoms with van der Waals surface area (Å²) in [5.74, 6) is 0. The Morgan fingerprint density at radius 1 is 1.20 bits per heavy atom. The van der Waals surface area contributed by atoms with E-state index in [1.165, 1.54) is 17.2 Å². The molecule has 0 radical (unpaired) electrons. The normalized spacial score (nSPS) is 13.3. The Morgan fingerprint density at radius 3 is 2.40 bits per heavy atom. The van der Waals surface area contributed by atoms with Crippen LogP contribution in [0.2, 0.25) is 18.6 Å². The molecule has 0 aliphatic rings. The number of hydrogen-bond acceptors (Lipinski definition) is 0. The van der Waals surface area contributed by atoms with E-state index in [0.29, 0.717) is 5.54 Å². The fourth-order valence-electron chi connectivity index (χ4n) is 2.53. The molecule has 0 spiro atoms. The first-order valence-electron chi connectivity index (χ1n) is 7.46. The predicted octanol–water partition coefficient (Wildman–Crippen LogP) is 5.46. The van der Waals surface area contributed by atoms with Gasteiger partial charge >= 0.3 is 0 Å². The Morgan fingerprint density at radius 2 is 1.85 bits per heavy atom. The van der Waals surface area contributed by atoms with Crippen molar-refractivity contribution in [1.29, 1.82) is 0 Å². The Labute approximate surface area is 125 Å². The molecule has 0 saturated heterocycles. The fraction of sp³-hybridized carbons (Fsp3) is 0.368. The molecular formula is C19H28Si. The van der Waals surface area contributed by atoms with E-state index in [4.69, 9.17) is 0 Å². The van der Waals surface area contributed by atoms with E-state index in [2.05, 4.69) is 81.7 Å². The van der Waals surface area contributed by atoms with E-state index in [-0.39, 0.29) is 0 Å². The maximum Gasteiger partial charge on any atom is 0.0873 e. The minimum Gasteiger partial charge on any atom is -0.103 e. The van der Waals surface area contributed by atoms with Crippen LogP contribution in [0.5, 0.6) is 0 Å². The molecule has 20 heavy (non-hydrogen) atoms. The van der Waals surface area contributed by atoms with Gasteiger partial charge in [0.15, 0.2) is 0 Å². The van der Waals surface area contributed by atoms with Gasteiger partial charge in [0.05, 0.1) is 8.07 Å². The van der Waals surface area contributed by atoms with Crippen molar-refractivity contribution in [2.75, 3.05) is 0 Å². The molecular weight excluding hydrogens is 256 g/mol. The smallest absolute Gasteiger partial charge is 0.0873 e. The van der Waals surface area contributed by atoms with Crippen LogP contribution < -0.4 is 5.19 Å². The SMILES string of the molecule is C=CC(CC/C=C/CC(=C)C)[Si](C)(C)c1ccccc1. The van der Waals surface area contributed by atoms with E-state index in [1.54, 1.807) is 0 Å². The molecule has 0 aromatic heterocycles. The predicted molar refractivity (Wildman–Crippen MR) is 95.3 cm³/mol. The Balaban J connectivity index is 2.63. The van der Waals surface area contributed by atoms with Gasteiger partial charge in [0.1, 0.15) is 0 Å². The molecule has 0 heterocycles. The first-order chi connectivity index (χ1) is 9.48. The van der Waals surface area contributed by atoms with Gasteiger partial charge in [-0.2, -0.15) is 0 Å². The highest BCUT2D eigenvalue weighted by Gasteiger charge is 2.30. The molecule has 0 bridgehead atoms. The molecule has 1 heteroatoms. The number of rotatable bonds is 8. The van der Waals surface area contributed by atoms with Crippen molar-refractivity contribution in [3.8, 4) is 0 Å². The highest BCUT2D eigenvalue weighted by atomic mass is 28.3. The summed E-state index contributed by atoms with van der Waals surface area (Å²) >= 11 is 0. The summed E-state index contributed by atoms with van der Waals surface area (Å²) in [5.41, 5.74) is 1.85. The third kappa shape index (κ3) is 4.97. The van der Waals surface area contributed by atoms with Gasteiger partial charge in [0.2, 0.25) is 0 Å². The molecule has 108 valence electrons. The highest BCUT2D eigenvalue weighted by molar-refractivity contribution is 6.91. The first kappa shape index (κ1) is 16.7. The largest absolute Gasteiger partial charge is 0.103 e. The van der Waals surface area contributed by atoms with Gasteiger partial charge in [-0.05, 0) is 31.7 Å². The van der Waals surface area contributed by atoms with Crippen LogP contribution >= 0.6 is 0 Å². The van der Waals surface area contributed by atoms with E-state index < -0.39 is 8.07 Å². The van der Waals surface area contributed by atoms with Crippen LogP contribution in [-0.4, -0.2) is 8.07 Å². The number of allylic oxidation sites excluding steroid dienone is 4. The molecule has 1 unspecified atom stereocenters. The van der Waals surface area contributed by atoms with E-state index in [9.17, 15) is 0 Å². The maximum absolute atomic E-state index is 4.08. The summed E-state index contributed by atoms with van der Waals surface area (Å²) in [4.78, 5) is 0.